The van der Waals surface area contributed by atoms with Gasteiger partial charge in [-0.1, -0.05) is 29.7 Å². The number of nitrogens with zero attached hydrogens (tertiary/aromatic N) is 6. The summed E-state index contributed by atoms with van der Waals surface area (Å²) in [6, 6.07) is 10.6. The van der Waals surface area contributed by atoms with E-state index in [2.05, 4.69) is 21.0 Å². The maximum absolute atomic E-state index is 15.5. The molecule has 2 fully saturated rings. The Morgan fingerprint density at radius 1 is 1.08 bits per heavy atom. The van der Waals surface area contributed by atoms with E-state index in [1.165, 1.54) is 6.07 Å². The number of terminal acetylenes is 1. The van der Waals surface area contributed by atoms with Crippen molar-refractivity contribution in [2.24, 2.45) is 0 Å². The van der Waals surface area contributed by atoms with Crippen LogP contribution in [0.15, 0.2) is 42.6 Å². The fraction of sp³-hybridized carbons (Fsp3) is 0.368. The number of halogens is 2. The zero-order valence-corrected chi connectivity index (χ0v) is 31.6. The molecule has 52 heavy (non-hydrogen) atoms. The zero-order chi connectivity index (χ0) is 36.0. The molecule has 3 aromatic carbocycles. The summed E-state index contributed by atoms with van der Waals surface area (Å²) in [5.74, 6) is 3.07. The van der Waals surface area contributed by atoms with Crippen LogP contribution in [0.5, 0.6) is 11.8 Å². The molecule has 11 nitrogen and oxygen atoms in total. The van der Waals surface area contributed by atoms with Crippen molar-refractivity contribution in [2.45, 2.75) is 58.4 Å². The molecule has 0 aliphatic carbocycles. The Morgan fingerprint density at radius 2 is 1.85 bits per heavy atom. The summed E-state index contributed by atoms with van der Waals surface area (Å²) in [6.45, 7) is 8.87. The normalized spacial score (nSPS) is 16.7. The Kier molecular flexibility index (Phi) is 10.7. The molecule has 1 amide bonds. The third kappa shape index (κ3) is 7.13. The van der Waals surface area contributed by atoms with Crippen molar-refractivity contribution in [1.29, 1.82) is 0 Å². The van der Waals surface area contributed by atoms with Gasteiger partial charge in [-0.25, -0.2) is 9.18 Å². The van der Waals surface area contributed by atoms with E-state index in [4.69, 9.17) is 46.9 Å². The smallest absolute Gasteiger partial charge is 0.410 e. The van der Waals surface area contributed by atoms with E-state index in [1.807, 2.05) is 45.0 Å². The Balaban J connectivity index is 0.00000464. The van der Waals surface area contributed by atoms with Crippen LogP contribution in [0.2, 0.25) is 5.02 Å². The number of likely N-dealkylation sites (tertiary alicyclic amines) is 1. The summed E-state index contributed by atoms with van der Waals surface area (Å²) >= 11 is 7.23. The number of amides is 1. The number of carbonyl (C=O) groups excluding carboxylic acids is 1. The summed E-state index contributed by atoms with van der Waals surface area (Å²) in [6.07, 6.45) is 7.57. The fourth-order valence-corrected chi connectivity index (χ4v) is 7.10. The third-order valence-electron chi connectivity index (χ3n) is 9.16. The molecule has 0 N–H and O–H groups in total. The molecule has 2 saturated heterocycles. The molecule has 7 rings (SSSR count). The van der Waals surface area contributed by atoms with Crippen LogP contribution in [0, 0.1) is 25.1 Å². The van der Waals surface area contributed by atoms with E-state index >= 15 is 4.39 Å². The first-order valence-electron chi connectivity index (χ1n) is 16.6. The van der Waals surface area contributed by atoms with Gasteiger partial charge in [0.15, 0.2) is 5.75 Å². The van der Waals surface area contributed by atoms with Crippen LogP contribution < -0.4 is 19.5 Å². The molecule has 5 aromatic rings. The topological polar surface area (TPSA) is 113 Å². The number of hydrogen-bond acceptors (Lipinski definition) is 9. The van der Waals surface area contributed by atoms with Gasteiger partial charge in [0.25, 0.3) is 0 Å². The number of fused-ring (bicyclic) bond motifs is 4. The van der Waals surface area contributed by atoms with E-state index in [0.29, 0.717) is 74.8 Å². The second kappa shape index (κ2) is 14.9. The Bertz CT molecular complexity index is 2180. The molecule has 4 heterocycles. The molecule has 0 saturated carbocycles. The van der Waals surface area contributed by atoms with Gasteiger partial charge < -0.3 is 38.9 Å². The number of piperazine rings is 1. The second-order valence-corrected chi connectivity index (χ2v) is 14.1. The van der Waals surface area contributed by atoms with Crippen molar-refractivity contribution in [2.75, 3.05) is 38.3 Å². The van der Waals surface area contributed by atoms with Gasteiger partial charge in [0.05, 0.1) is 29.2 Å². The number of hydrogen-bond donors (Lipinski definition) is 0. The molecule has 0 spiro atoms. The van der Waals surface area contributed by atoms with Gasteiger partial charge in [-0.05, 0) is 74.9 Å². The number of aromatic nitrogens is 4. The summed E-state index contributed by atoms with van der Waals surface area (Å²) in [7, 11) is 1.58. The van der Waals surface area contributed by atoms with Crippen LogP contribution in [0.25, 0.3) is 32.9 Å². The number of anilines is 1. The molecule has 2 aliphatic heterocycles. The molecule has 0 radical (unpaired) electrons. The average Bonchev–Trinajstić information content (AvgIpc) is 3.84. The largest absolute Gasteiger partial charge is 0.581 e. The SMILES string of the molecule is C#Cc1ccc(COc2c(-c3c(C)c(F)cc4n[n-]cc34)c(Cl)cc3c(N4CC5CC4CN5C(=O)OC(C)(C)C)nc(OCCOC)nc23)cc1.[Pd]. The van der Waals surface area contributed by atoms with Gasteiger partial charge >= 0.3 is 12.1 Å². The summed E-state index contributed by atoms with van der Waals surface area (Å²) in [5.41, 5.74) is 3.06. The average molecular weight is 819 g/mol. The number of carbonyl (C=O) groups is 1. The van der Waals surface area contributed by atoms with Gasteiger partial charge in [-0.15, -0.1) is 6.42 Å². The molecular formula is C38H37ClFN6O5Pd-. The van der Waals surface area contributed by atoms with Crippen molar-refractivity contribution in [1.82, 2.24) is 25.1 Å². The van der Waals surface area contributed by atoms with Crippen LogP contribution in [0.4, 0.5) is 15.0 Å². The minimum absolute atomic E-state index is 0. The summed E-state index contributed by atoms with van der Waals surface area (Å²) < 4.78 is 39.1. The van der Waals surface area contributed by atoms with E-state index in [-0.39, 0.29) is 57.8 Å². The van der Waals surface area contributed by atoms with Crippen LogP contribution >= 0.6 is 11.6 Å². The van der Waals surface area contributed by atoms with E-state index < -0.39 is 11.4 Å². The fourth-order valence-electron chi connectivity index (χ4n) is 6.81. The predicted molar refractivity (Wildman–Crippen MR) is 192 cm³/mol. The quantitative estimate of drug-likeness (QED) is 0.0907. The van der Waals surface area contributed by atoms with Crippen molar-refractivity contribution >= 4 is 45.3 Å². The first-order valence-corrected chi connectivity index (χ1v) is 17.0. The molecule has 2 aliphatic rings. The van der Waals surface area contributed by atoms with Gasteiger partial charge in [-0.2, -0.15) is 16.2 Å². The predicted octanol–water partition coefficient (Wildman–Crippen LogP) is 6.68. The Hall–Kier alpha value is -4.46. The summed E-state index contributed by atoms with van der Waals surface area (Å²) in [4.78, 5) is 26.8. The Morgan fingerprint density at radius 3 is 2.52 bits per heavy atom. The molecule has 14 heteroatoms. The van der Waals surface area contributed by atoms with E-state index in [9.17, 15) is 4.79 Å². The van der Waals surface area contributed by atoms with Crippen LogP contribution in [-0.4, -0.2) is 77.2 Å². The van der Waals surface area contributed by atoms with Crippen LogP contribution in [0.3, 0.4) is 0 Å². The number of ether oxygens (including phenoxy) is 4. The summed E-state index contributed by atoms with van der Waals surface area (Å²) in [5, 5.41) is 9.72. The van der Waals surface area contributed by atoms with E-state index in [0.717, 1.165) is 17.5 Å². The van der Waals surface area contributed by atoms with E-state index in [1.54, 1.807) is 31.2 Å². The molecular weight excluding hydrogens is 781 g/mol. The third-order valence-corrected chi connectivity index (χ3v) is 9.46. The molecule has 2 atom stereocenters. The van der Waals surface area contributed by atoms with Crippen LogP contribution in [-0.2, 0) is 36.5 Å². The second-order valence-electron chi connectivity index (χ2n) is 13.7. The minimum Gasteiger partial charge on any atom is -0.581 e. The number of benzene rings is 3. The standard InChI is InChI=1S/C38H37ClFN6O5.Pd/c1-7-22-8-10-23(11-9-22)20-50-34-32(31-21(2)29(40)16-30-27(31)17-41-44-30)28(39)15-26-33(34)42-36(49-13-12-48-6)43-35(26)45-18-25-14-24(45)19-46(25)37(47)51-38(3,4)5;/h1,8-11,15-17,24-25H,12-14,18-20H2,2-6H3;/q-1;. The van der Waals surface area contributed by atoms with Crippen molar-refractivity contribution in [3.63, 3.8) is 0 Å². The van der Waals surface area contributed by atoms with Crippen molar-refractivity contribution in [3.8, 4) is 35.2 Å². The maximum atomic E-state index is 15.5. The molecule has 2 bridgehead atoms. The molecule has 274 valence electrons. The monoisotopic (exact) mass is 817 g/mol. The first kappa shape index (κ1) is 37.3. The number of methoxy groups -OCH3 is 1. The molecule has 2 unspecified atom stereocenters. The van der Waals surface area contributed by atoms with Gasteiger partial charge in [0.1, 0.15) is 36.0 Å². The number of rotatable bonds is 9. The maximum Gasteiger partial charge on any atom is 0.410 e. The van der Waals surface area contributed by atoms with Crippen molar-refractivity contribution in [3.05, 3.63) is 70.1 Å². The van der Waals surface area contributed by atoms with Gasteiger partial charge in [0, 0.05) is 62.7 Å². The Labute approximate surface area is 319 Å². The van der Waals surface area contributed by atoms with Gasteiger partial charge in [-0.3, -0.25) is 0 Å². The first-order chi connectivity index (χ1) is 24.5. The van der Waals surface area contributed by atoms with Crippen molar-refractivity contribution < 1.29 is 48.6 Å². The molecule has 2 aromatic heterocycles. The van der Waals surface area contributed by atoms with Gasteiger partial charge in [0.2, 0.25) is 0 Å². The zero-order valence-electron chi connectivity index (χ0n) is 29.3. The van der Waals surface area contributed by atoms with Crippen LogP contribution in [0.1, 0.15) is 43.9 Å². The minimum atomic E-state index is -0.607.